The Morgan fingerprint density at radius 2 is 2.04 bits per heavy atom. The maximum Gasteiger partial charge on any atom is 0.319 e. The third kappa shape index (κ3) is 4.12. The van der Waals surface area contributed by atoms with Gasteiger partial charge in [0.2, 0.25) is 0 Å². The number of ether oxygens (including phenoxy) is 1. The summed E-state index contributed by atoms with van der Waals surface area (Å²) in [5.74, 6) is 0.978. The molecule has 0 radical (unpaired) electrons. The van der Waals surface area contributed by atoms with Crippen LogP contribution in [-0.2, 0) is 6.42 Å². The van der Waals surface area contributed by atoms with Crippen molar-refractivity contribution in [2.24, 2.45) is 0 Å². The Morgan fingerprint density at radius 1 is 1.24 bits per heavy atom. The summed E-state index contributed by atoms with van der Waals surface area (Å²) in [4.78, 5) is 14.4. The fourth-order valence-corrected chi connectivity index (χ4v) is 3.08. The molecule has 0 fully saturated rings. The zero-order valence-electron chi connectivity index (χ0n) is 15.0. The van der Waals surface area contributed by atoms with Gasteiger partial charge in [-0.3, -0.25) is 0 Å². The number of benzene rings is 2. The molecule has 0 aliphatic carbocycles. The van der Waals surface area contributed by atoms with Gasteiger partial charge in [-0.2, -0.15) is 0 Å². The molecule has 0 bridgehead atoms. The van der Waals surface area contributed by atoms with Crippen molar-refractivity contribution in [3.8, 4) is 5.75 Å². The van der Waals surface area contributed by atoms with Gasteiger partial charge in [-0.15, -0.1) is 0 Å². The molecule has 0 aromatic heterocycles. The van der Waals surface area contributed by atoms with Crippen LogP contribution in [0.25, 0.3) is 0 Å². The van der Waals surface area contributed by atoms with E-state index in [0.29, 0.717) is 6.54 Å². The van der Waals surface area contributed by atoms with E-state index in [1.165, 1.54) is 11.1 Å². The monoisotopic (exact) mass is 339 g/mol. The van der Waals surface area contributed by atoms with E-state index >= 15 is 0 Å². The van der Waals surface area contributed by atoms with Gasteiger partial charge < -0.3 is 20.3 Å². The van der Waals surface area contributed by atoms with Gasteiger partial charge in [0.25, 0.3) is 0 Å². The van der Waals surface area contributed by atoms with Crippen LogP contribution < -0.4 is 15.4 Å². The van der Waals surface area contributed by atoms with E-state index in [-0.39, 0.29) is 12.1 Å². The molecular weight excluding hydrogens is 314 g/mol. The number of urea groups is 1. The van der Waals surface area contributed by atoms with Gasteiger partial charge in [-0.25, -0.2) is 4.79 Å². The van der Waals surface area contributed by atoms with Crippen LogP contribution in [0.15, 0.2) is 42.5 Å². The van der Waals surface area contributed by atoms with E-state index in [0.717, 1.165) is 30.0 Å². The minimum absolute atomic E-state index is 0.105. The fraction of sp³-hybridized carbons (Fsp3) is 0.350. The normalized spacial score (nSPS) is 13.9. The molecule has 1 aliphatic heterocycles. The van der Waals surface area contributed by atoms with Gasteiger partial charge in [0.1, 0.15) is 5.75 Å². The molecule has 0 saturated carbocycles. The average Bonchev–Trinajstić information content (AvgIpc) is 3.04. The molecule has 132 valence electrons. The fourth-order valence-electron chi connectivity index (χ4n) is 3.08. The average molecular weight is 339 g/mol. The third-order valence-electron chi connectivity index (χ3n) is 4.57. The first kappa shape index (κ1) is 17.3. The topological polar surface area (TPSA) is 53.6 Å². The largest absolute Gasteiger partial charge is 0.493 e. The second-order valence-corrected chi connectivity index (χ2v) is 6.59. The van der Waals surface area contributed by atoms with Crippen LogP contribution in [0.2, 0.25) is 0 Å². The number of hydrogen-bond acceptors (Lipinski definition) is 3. The maximum absolute atomic E-state index is 12.2. The number of fused-ring (bicyclic) bond motifs is 1. The first-order valence-corrected chi connectivity index (χ1v) is 8.57. The lowest BCUT2D eigenvalue weighted by atomic mass is 10.0. The Bertz CT molecular complexity index is 758. The third-order valence-corrected chi connectivity index (χ3v) is 4.57. The highest BCUT2D eigenvalue weighted by Gasteiger charge is 2.19. The molecule has 1 aliphatic rings. The minimum Gasteiger partial charge on any atom is -0.493 e. The lowest BCUT2D eigenvalue weighted by Gasteiger charge is -2.25. The van der Waals surface area contributed by atoms with Gasteiger partial charge in [-0.1, -0.05) is 30.3 Å². The molecule has 3 rings (SSSR count). The molecule has 5 heteroatoms. The highest BCUT2D eigenvalue weighted by molar-refractivity contribution is 5.90. The Hall–Kier alpha value is -2.53. The number of nitrogens with zero attached hydrogens (tertiary/aromatic N) is 1. The molecule has 2 aromatic carbocycles. The summed E-state index contributed by atoms with van der Waals surface area (Å²) in [6.07, 6.45) is 0.949. The van der Waals surface area contributed by atoms with Crippen molar-refractivity contribution < 1.29 is 9.53 Å². The standard InChI is InChI=1S/C20H25N3O2/c1-14-6-4-5-7-17(14)22-20(24)21-13-18(23(2)3)15-8-9-19-16(12-15)10-11-25-19/h4-9,12,18H,10-11,13H2,1-3H3,(H2,21,22,24). The Morgan fingerprint density at radius 3 is 2.80 bits per heavy atom. The Balaban J connectivity index is 1.64. The highest BCUT2D eigenvalue weighted by atomic mass is 16.5. The number of carbonyl (C=O) groups is 1. The molecule has 0 saturated heterocycles. The number of likely N-dealkylation sites (N-methyl/N-ethyl adjacent to an activating group) is 1. The summed E-state index contributed by atoms with van der Waals surface area (Å²) in [6, 6.07) is 14.0. The predicted molar refractivity (Wildman–Crippen MR) is 100 cm³/mol. The second kappa shape index (κ2) is 7.57. The van der Waals surface area contributed by atoms with Gasteiger partial charge >= 0.3 is 6.03 Å². The molecule has 2 amide bonds. The number of amides is 2. The number of hydrogen-bond donors (Lipinski definition) is 2. The van der Waals surface area contributed by atoms with Crippen LogP contribution in [0.4, 0.5) is 10.5 Å². The van der Waals surface area contributed by atoms with Crippen molar-refractivity contribution >= 4 is 11.7 Å². The number of carbonyl (C=O) groups excluding carboxylic acids is 1. The summed E-state index contributed by atoms with van der Waals surface area (Å²) in [7, 11) is 4.05. The Kier molecular flexibility index (Phi) is 5.24. The number of rotatable bonds is 5. The van der Waals surface area contributed by atoms with Crippen molar-refractivity contribution in [3.05, 3.63) is 59.2 Å². The van der Waals surface area contributed by atoms with E-state index in [1.807, 2.05) is 51.4 Å². The SMILES string of the molecule is Cc1ccccc1NC(=O)NCC(c1ccc2c(c1)CCO2)N(C)C. The molecule has 25 heavy (non-hydrogen) atoms. The van der Waals surface area contributed by atoms with Gasteiger partial charge in [0, 0.05) is 18.7 Å². The van der Waals surface area contributed by atoms with Crippen LogP contribution in [0.1, 0.15) is 22.7 Å². The van der Waals surface area contributed by atoms with Crippen molar-refractivity contribution in [2.45, 2.75) is 19.4 Å². The Labute approximate surface area is 149 Å². The lowest BCUT2D eigenvalue weighted by Crippen LogP contribution is -2.37. The van der Waals surface area contributed by atoms with Crippen LogP contribution >= 0.6 is 0 Å². The minimum atomic E-state index is -0.189. The highest BCUT2D eigenvalue weighted by Crippen LogP contribution is 2.29. The summed E-state index contributed by atoms with van der Waals surface area (Å²) >= 11 is 0. The van der Waals surface area contributed by atoms with Gasteiger partial charge in [-0.05, 0) is 49.8 Å². The van der Waals surface area contributed by atoms with E-state index in [1.54, 1.807) is 0 Å². The zero-order valence-corrected chi connectivity index (χ0v) is 15.0. The maximum atomic E-state index is 12.2. The van der Waals surface area contributed by atoms with Crippen LogP contribution in [0.5, 0.6) is 5.75 Å². The van der Waals surface area contributed by atoms with E-state index in [9.17, 15) is 4.79 Å². The van der Waals surface area contributed by atoms with Crippen molar-refractivity contribution in [1.29, 1.82) is 0 Å². The molecule has 1 atom stereocenters. The zero-order chi connectivity index (χ0) is 17.8. The number of nitrogens with one attached hydrogen (secondary N) is 2. The predicted octanol–water partition coefficient (Wildman–Crippen LogP) is 3.35. The first-order valence-electron chi connectivity index (χ1n) is 8.57. The number of aryl methyl sites for hydroxylation is 1. The second-order valence-electron chi connectivity index (χ2n) is 6.59. The lowest BCUT2D eigenvalue weighted by molar-refractivity contribution is 0.243. The van der Waals surface area contributed by atoms with E-state index in [2.05, 4.69) is 27.7 Å². The summed E-state index contributed by atoms with van der Waals surface area (Å²) in [6.45, 7) is 3.26. The molecule has 1 heterocycles. The van der Waals surface area contributed by atoms with Crippen LogP contribution in [0.3, 0.4) is 0 Å². The first-order chi connectivity index (χ1) is 12.0. The smallest absolute Gasteiger partial charge is 0.319 e. The van der Waals surface area contributed by atoms with Crippen LogP contribution in [-0.4, -0.2) is 38.2 Å². The summed E-state index contributed by atoms with van der Waals surface area (Å²) in [5, 5.41) is 5.89. The molecular formula is C20H25N3O2. The molecule has 0 spiro atoms. The number of anilines is 1. The van der Waals surface area contributed by atoms with Crippen molar-refractivity contribution in [2.75, 3.05) is 32.6 Å². The van der Waals surface area contributed by atoms with E-state index in [4.69, 9.17) is 4.74 Å². The molecule has 2 aromatic rings. The summed E-state index contributed by atoms with van der Waals surface area (Å²) < 4.78 is 5.58. The van der Waals surface area contributed by atoms with Crippen molar-refractivity contribution in [1.82, 2.24) is 10.2 Å². The van der Waals surface area contributed by atoms with Gasteiger partial charge in [0.15, 0.2) is 0 Å². The van der Waals surface area contributed by atoms with Gasteiger partial charge in [0.05, 0.1) is 12.6 Å². The van der Waals surface area contributed by atoms with E-state index < -0.39 is 0 Å². The van der Waals surface area contributed by atoms with Crippen molar-refractivity contribution in [3.63, 3.8) is 0 Å². The molecule has 2 N–H and O–H groups in total. The van der Waals surface area contributed by atoms with Crippen LogP contribution in [0, 0.1) is 6.92 Å². The quantitative estimate of drug-likeness (QED) is 0.878. The molecule has 5 nitrogen and oxygen atoms in total. The summed E-state index contributed by atoms with van der Waals surface area (Å²) in [5.41, 5.74) is 4.30. The molecule has 1 unspecified atom stereocenters. The number of para-hydroxylation sites is 1.